The van der Waals surface area contributed by atoms with Crippen molar-refractivity contribution in [1.82, 2.24) is 15.5 Å². The first-order chi connectivity index (χ1) is 8.27. The molecule has 5 nitrogen and oxygen atoms in total. The van der Waals surface area contributed by atoms with Gasteiger partial charge in [-0.3, -0.25) is 9.69 Å². The van der Waals surface area contributed by atoms with E-state index in [0.717, 1.165) is 52.4 Å². The molecule has 5 heteroatoms. The lowest BCUT2D eigenvalue weighted by atomic mass is 10.0. The van der Waals surface area contributed by atoms with Crippen LogP contribution in [0.5, 0.6) is 0 Å². The van der Waals surface area contributed by atoms with Crippen LogP contribution in [-0.2, 0) is 9.53 Å². The first-order valence-corrected chi connectivity index (χ1v) is 6.58. The summed E-state index contributed by atoms with van der Waals surface area (Å²) in [6.07, 6.45) is 0.963. The second-order valence-electron chi connectivity index (χ2n) is 4.88. The number of ether oxygens (including phenoxy) is 1. The van der Waals surface area contributed by atoms with Gasteiger partial charge in [-0.2, -0.15) is 0 Å². The summed E-state index contributed by atoms with van der Waals surface area (Å²) in [4.78, 5) is 14.2. The van der Waals surface area contributed by atoms with Gasteiger partial charge < -0.3 is 15.4 Å². The highest BCUT2D eigenvalue weighted by molar-refractivity contribution is 5.79. The molecule has 0 aromatic heterocycles. The number of carbonyl (C=O) groups excluding carboxylic acids is 1. The Kier molecular flexibility index (Phi) is 4.76. The minimum absolute atomic E-state index is 0.152. The van der Waals surface area contributed by atoms with Crippen LogP contribution in [0.3, 0.4) is 0 Å². The van der Waals surface area contributed by atoms with E-state index in [2.05, 4.69) is 22.5 Å². The molecule has 0 aromatic carbocycles. The van der Waals surface area contributed by atoms with Gasteiger partial charge in [0.2, 0.25) is 5.91 Å². The van der Waals surface area contributed by atoms with Crippen molar-refractivity contribution >= 4 is 5.91 Å². The minimum atomic E-state index is 0.152. The van der Waals surface area contributed by atoms with Crippen molar-refractivity contribution in [2.75, 3.05) is 45.9 Å². The van der Waals surface area contributed by atoms with E-state index in [9.17, 15) is 4.79 Å². The van der Waals surface area contributed by atoms with Crippen LogP contribution in [-0.4, -0.2) is 62.8 Å². The lowest BCUT2D eigenvalue weighted by molar-refractivity contribution is -0.125. The molecule has 2 heterocycles. The number of amides is 1. The summed E-state index contributed by atoms with van der Waals surface area (Å²) in [5.41, 5.74) is 0. The van der Waals surface area contributed by atoms with E-state index in [1.54, 1.807) is 0 Å². The smallest absolute Gasteiger partial charge is 0.224 e. The van der Waals surface area contributed by atoms with Crippen molar-refractivity contribution in [2.24, 2.45) is 5.92 Å². The van der Waals surface area contributed by atoms with E-state index in [1.165, 1.54) is 0 Å². The number of nitrogens with zero attached hydrogens (tertiary/aromatic N) is 1. The summed E-state index contributed by atoms with van der Waals surface area (Å²) < 4.78 is 5.29. The van der Waals surface area contributed by atoms with Gasteiger partial charge in [0.05, 0.1) is 19.1 Å². The van der Waals surface area contributed by atoms with Gasteiger partial charge in [0, 0.05) is 32.2 Å². The SMILES string of the molecule is CC1NCCC1C(=O)NCCN1CCOCC1. The fraction of sp³-hybridized carbons (Fsp3) is 0.917. The van der Waals surface area contributed by atoms with Crippen LogP contribution in [0.15, 0.2) is 0 Å². The molecule has 17 heavy (non-hydrogen) atoms. The summed E-state index contributed by atoms with van der Waals surface area (Å²) in [7, 11) is 0. The van der Waals surface area contributed by atoms with Crippen LogP contribution in [0, 0.1) is 5.92 Å². The Morgan fingerprint density at radius 2 is 2.24 bits per heavy atom. The molecule has 0 bridgehead atoms. The monoisotopic (exact) mass is 241 g/mol. The summed E-state index contributed by atoms with van der Waals surface area (Å²) in [5.74, 6) is 0.357. The molecule has 2 saturated heterocycles. The van der Waals surface area contributed by atoms with Gasteiger partial charge >= 0.3 is 0 Å². The first kappa shape index (κ1) is 12.8. The maximum absolute atomic E-state index is 11.9. The van der Waals surface area contributed by atoms with E-state index in [0.29, 0.717) is 6.04 Å². The fourth-order valence-corrected chi connectivity index (χ4v) is 2.51. The Morgan fingerprint density at radius 1 is 1.47 bits per heavy atom. The van der Waals surface area contributed by atoms with Gasteiger partial charge in [-0.1, -0.05) is 0 Å². The zero-order valence-electron chi connectivity index (χ0n) is 10.6. The van der Waals surface area contributed by atoms with Crippen molar-refractivity contribution in [3.05, 3.63) is 0 Å². The number of carbonyl (C=O) groups is 1. The Morgan fingerprint density at radius 3 is 2.88 bits per heavy atom. The van der Waals surface area contributed by atoms with E-state index in [4.69, 9.17) is 4.74 Å². The molecule has 98 valence electrons. The molecule has 1 amide bonds. The average molecular weight is 241 g/mol. The molecule has 2 atom stereocenters. The Hall–Kier alpha value is -0.650. The molecule has 2 aliphatic rings. The van der Waals surface area contributed by atoms with Crippen LogP contribution in [0.4, 0.5) is 0 Å². The second kappa shape index (κ2) is 6.33. The van der Waals surface area contributed by atoms with Crippen molar-refractivity contribution < 1.29 is 9.53 Å². The predicted molar refractivity (Wildman–Crippen MR) is 65.8 cm³/mol. The molecular weight excluding hydrogens is 218 g/mol. The van der Waals surface area contributed by atoms with Gasteiger partial charge in [0.25, 0.3) is 0 Å². The highest BCUT2D eigenvalue weighted by Crippen LogP contribution is 2.14. The zero-order valence-corrected chi connectivity index (χ0v) is 10.6. The van der Waals surface area contributed by atoms with E-state index in [1.807, 2.05) is 0 Å². The first-order valence-electron chi connectivity index (χ1n) is 6.58. The summed E-state index contributed by atoms with van der Waals surface area (Å²) in [6, 6.07) is 0.318. The Bertz CT molecular complexity index is 254. The topological polar surface area (TPSA) is 53.6 Å². The third-order valence-corrected chi connectivity index (χ3v) is 3.69. The molecule has 2 aliphatic heterocycles. The van der Waals surface area contributed by atoms with E-state index < -0.39 is 0 Å². The Balaban J connectivity index is 1.62. The fourth-order valence-electron chi connectivity index (χ4n) is 2.51. The van der Waals surface area contributed by atoms with E-state index in [-0.39, 0.29) is 11.8 Å². The lowest BCUT2D eigenvalue weighted by Crippen LogP contribution is -2.43. The second-order valence-corrected chi connectivity index (χ2v) is 4.88. The van der Waals surface area contributed by atoms with Crippen LogP contribution in [0.25, 0.3) is 0 Å². The summed E-state index contributed by atoms with van der Waals surface area (Å²) in [5, 5.41) is 6.34. The molecule has 0 aliphatic carbocycles. The molecule has 0 spiro atoms. The molecule has 2 rings (SSSR count). The van der Waals surface area contributed by atoms with Crippen molar-refractivity contribution in [3.8, 4) is 0 Å². The third-order valence-electron chi connectivity index (χ3n) is 3.69. The number of morpholine rings is 1. The number of hydrogen-bond donors (Lipinski definition) is 2. The number of hydrogen-bond acceptors (Lipinski definition) is 4. The summed E-state index contributed by atoms with van der Waals surface area (Å²) in [6.45, 7) is 8.33. The average Bonchev–Trinajstić information content (AvgIpc) is 2.77. The molecule has 2 N–H and O–H groups in total. The summed E-state index contributed by atoms with van der Waals surface area (Å²) >= 11 is 0. The molecule has 0 saturated carbocycles. The molecular formula is C12H23N3O2. The van der Waals surface area contributed by atoms with Crippen LogP contribution >= 0.6 is 0 Å². The predicted octanol–water partition coefficient (Wildman–Crippen LogP) is -0.567. The van der Waals surface area contributed by atoms with Crippen LogP contribution in [0.2, 0.25) is 0 Å². The van der Waals surface area contributed by atoms with Gasteiger partial charge in [-0.25, -0.2) is 0 Å². The molecule has 0 radical (unpaired) electrons. The van der Waals surface area contributed by atoms with Crippen molar-refractivity contribution in [1.29, 1.82) is 0 Å². The van der Waals surface area contributed by atoms with Crippen molar-refractivity contribution in [2.45, 2.75) is 19.4 Å². The van der Waals surface area contributed by atoms with Gasteiger partial charge in [-0.15, -0.1) is 0 Å². The molecule has 2 fully saturated rings. The third kappa shape index (κ3) is 3.66. The van der Waals surface area contributed by atoms with Gasteiger partial charge in [-0.05, 0) is 19.9 Å². The lowest BCUT2D eigenvalue weighted by Gasteiger charge is -2.26. The Labute approximate surface area is 103 Å². The van der Waals surface area contributed by atoms with Crippen LogP contribution < -0.4 is 10.6 Å². The quantitative estimate of drug-likeness (QED) is 0.692. The largest absolute Gasteiger partial charge is 0.379 e. The highest BCUT2D eigenvalue weighted by atomic mass is 16.5. The maximum atomic E-state index is 11.9. The molecule has 2 unspecified atom stereocenters. The standard InChI is InChI=1S/C12H23N3O2/c1-10-11(2-3-13-10)12(16)14-4-5-15-6-8-17-9-7-15/h10-11,13H,2-9H2,1H3,(H,14,16). The van der Waals surface area contributed by atoms with Gasteiger partial charge in [0.15, 0.2) is 0 Å². The normalized spacial score (nSPS) is 30.4. The van der Waals surface area contributed by atoms with Crippen LogP contribution in [0.1, 0.15) is 13.3 Å². The van der Waals surface area contributed by atoms with Gasteiger partial charge in [0.1, 0.15) is 0 Å². The number of nitrogens with one attached hydrogen (secondary N) is 2. The van der Waals surface area contributed by atoms with Crippen molar-refractivity contribution in [3.63, 3.8) is 0 Å². The minimum Gasteiger partial charge on any atom is -0.379 e. The number of rotatable bonds is 4. The highest BCUT2D eigenvalue weighted by Gasteiger charge is 2.28. The zero-order chi connectivity index (χ0) is 12.1. The molecule has 0 aromatic rings. The maximum Gasteiger partial charge on any atom is 0.224 e. The van der Waals surface area contributed by atoms with E-state index >= 15 is 0 Å².